The van der Waals surface area contributed by atoms with Gasteiger partial charge in [0.1, 0.15) is 30.1 Å². The van der Waals surface area contributed by atoms with Crippen molar-refractivity contribution in [1.29, 1.82) is 0 Å². The summed E-state index contributed by atoms with van der Waals surface area (Å²) in [6.45, 7) is 1.78. The maximum atomic E-state index is 14.6. The Morgan fingerprint density at radius 3 is 2.62 bits per heavy atom. The van der Waals surface area contributed by atoms with Crippen LogP contribution in [0.1, 0.15) is 78.6 Å². The lowest BCUT2D eigenvalue weighted by Crippen LogP contribution is -2.67. The molecule has 0 spiro atoms. The van der Waals surface area contributed by atoms with Crippen molar-refractivity contribution in [3.05, 3.63) is 101 Å². The summed E-state index contributed by atoms with van der Waals surface area (Å²) >= 11 is 0. The van der Waals surface area contributed by atoms with E-state index < -0.39 is 77.7 Å². The molecule has 0 bridgehead atoms. The minimum Gasteiger partial charge on any atom is -0.508 e. The number of ether oxygens (including phenoxy) is 2. The summed E-state index contributed by atoms with van der Waals surface area (Å²) in [4.78, 5) is 36.7. The molecule has 16 heteroatoms. The minimum absolute atomic E-state index is 0.0469. The number of nitrogens with zero attached hydrogens (tertiary/aromatic N) is 2. The Balaban J connectivity index is 1.20. The SMILES string of the molecule is CCc1nc[nH]c1Cc1cc(/C=C/C(=O)N2c3cc(O[C@]4(O)O[C@H](CO)[C@@H](O)[C@H](O)[C@H]4O)c(O)cc3[C@@H](C[C@]34CCCC[C@H]3CNc3ccccc34)[C@@H]2C(=O)O)ccc1O. The van der Waals surface area contributed by atoms with E-state index in [1.165, 1.54) is 30.4 Å². The van der Waals surface area contributed by atoms with Gasteiger partial charge in [-0.05, 0) is 78.6 Å². The number of hydrogen-bond acceptors (Lipinski definition) is 13. The van der Waals surface area contributed by atoms with Crippen LogP contribution in [0.4, 0.5) is 11.4 Å². The molecule has 10 N–H and O–H groups in total. The van der Waals surface area contributed by atoms with Crippen LogP contribution in [0.15, 0.2) is 67.0 Å². The van der Waals surface area contributed by atoms with Gasteiger partial charge in [-0.1, -0.05) is 44.0 Å². The third-order valence-electron chi connectivity index (χ3n) is 12.9. The number of benzene rings is 3. The number of imidazole rings is 1. The number of phenolic OH excluding ortho intramolecular Hbond substituents is 2. The summed E-state index contributed by atoms with van der Waals surface area (Å²) < 4.78 is 10.9. The van der Waals surface area contributed by atoms with Gasteiger partial charge in [0.15, 0.2) is 17.6 Å². The summed E-state index contributed by atoms with van der Waals surface area (Å²) in [5.74, 6) is -6.91. The van der Waals surface area contributed by atoms with Crippen molar-refractivity contribution in [3.63, 3.8) is 0 Å². The van der Waals surface area contributed by atoms with E-state index in [-0.39, 0.29) is 17.4 Å². The van der Waals surface area contributed by atoms with Crippen molar-refractivity contribution in [2.24, 2.45) is 5.92 Å². The number of nitrogens with one attached hydrogen (secondary N) is 2. The Kier molecular flexibility index (Phi) is 11.1. The normalized spacial score (nSPS) is 29.7. The van der Waals surface area contributed by atoms with Crippen LogP contribution in [0.2, 0.25) is 0 Å². The number of aliphatic hydroxyl groups is 5. The van der Waals surface area contributed by atoms with Crippen LogP contribution in [0.5, 0.6) is 17.2 Å². The van der Waals surface area contributed by atoms with Crippen molar-refractivity contribution in [2.75, 3.05) is 23.4 Å². The number of para-hydroxylation sites is 1. The number of carboxylic acids is 1. The van der Waals surface area contributed by atoms with Crippen molar-refractivity contribution in [2.45, 2.75) is 99.6 Å². The molecule has 318 valence electrons. The van der Waals surface area contributed by atoms with E-state index in [1.807, 2.05) is 25.1 Å². The van der Waals surface area contributed by atoms with Gasteiger partial charge in [-0.25, -0.2) is 9.78 Å². The fraction of sp³-hybridized carbons (Fsp3) is 0.432. The molecule has 60 heavy (non-hydrogen) atoms. The van der Waals surface area contributed by atoms with Crippen LogP contribution in [-0.4, -0.2) is 112 Å². The first-order valence-electron chi connectivity index (χ1n) is 20.3. The molecule has 0 unspecified atom stereocenters. The second kappa shape index (κ2) is 16.2. The number of phenols is 2. The number of carbonyl (C=O) groups excluding carboxylic acids is 1. The van der Waals surface area contributed by atoms with Gasteiger partial charge in [-0.2, -0.15) is 0 Å². The van der Waals surface area contributed by atoms with Gasteiger partial charge in [0.2, 0.25) is 0 Å². The molecule has 1 amide bonds. The number of carbonyl (C=O) groups is 2. The smallest absolute Gasteiger partial charge is 0.355 e. The molecule has 1 saturated heterocycles. The lowest BCUT2D eigenvalue weighted by Gasteiger charge is -2.50. The molecule has 4 heterocycles. The largest absolute Gasteiger partial charge is 0.508 e. The van der Waals surface area contributed by atoms with Crippen molar-refractivity contribution in [3.8, 4) is 17.2 Å². The number of aromatic hydroxyl groups is 2. The van der Waals surface area contributed by atoms with Gasteiger partial charge in [-0.3, -0.25) is 9.69 Å². The van der Waals surface area contributed by atoms with Crippen LogP contribution in [0, 0.1) is 5.92 Å². The number of H-pyrrole nitrogens is 1. The fourth-order valence-corrected chi connectivity index (χ4v) is 9.92. The average Bonchev–Trinajstić information content (AvgIpc) is 3.83. The summed E-state index contributed by atoms with van der Waals surface area (Å²) in [6, 6.07) is 13.8. The zero-order valence-electron chi connectivity index (χ0n) is 32.9. The standard InChI is InChI=1S/C44H50N4O12/c1-2-29-31(47-22-46-29)16-24-15-23(10-12-33(24)50)11-13-37(52)48-32-18-35(59-44(58)41(55)40(54)39(53)36(21-49)60-44)34(51)17-26(32)27(38(48)42(56)57)19-43-14-6-5-7-25(43)20-45-30-9-4-3-8-28(30)43/h3-4,8-13,15,17-18,22,25,27,36,38-41,45,49-51,53-55,58H,2,5-7,14,16,19-21H2,1H3,(H,46,47)(H,56,57)/b13-11+/t25-,27+,36+,38+,39+,40-,41+,43+,44-/m0/s1. The van der Waals surface area contributed by atoms with E-state index in [9.17, 15) is 50.4 Å². The number of hydrogen-bond donors (Lipinski definition) is 10. The lowest BCUT2D eigenvalue weighted by atomic mass is 9.56. The number of fused-ring (bicyclic) bond motifs is 4. The van der Waals surface area contributed by atoms with E-state index in [0.717, 1.165) is 53.2 Å². The first-order chi connectivity index (χ1) is 28.8. The van der Waals surface area contributed by atoms with E-state index in [2.05, 4.69) is 21.4 Å². The van der Waals surface area contributed by atoms with Gasteiger partial charge < -0.3 is 60.6 Å². The molecule has 2 fully saturated rings. The minimum atomic E-state index is -3.10. The third-order valence-corrected chi connectivity index (χ3v) is 12.9. The van der Waals surface area contributed by atoms with Crippen molar-refractivity contribution < 1.29 is 59.9 Å². The number of aliphatic hydroxyl groups excluding tert-OH is 4. The van der Waals surface area contributed by atoms with E-state index in [0.29, 0.717) is 42.5 Å². The third kappa shape index (κ3) is 7.16. The highest BCUT2D eigenvalue weighted by molar-refractivity contribution is 6.10. The summed E-state index contributed by atoms with van der Waals surface area (Å²) in [6.07, 6.45) is 1.57. The van der Waals surface area contributed by atoms with Gasteiger partial charge >= 0.3 is 11.9 Å². The van der Waals surface area contributed by atoms with Gasteiger partial charge in [-0.15, -0.1) is 0 Å². The lowest BCUT2D eigenvalue weighted by molar-refractivity contribution is -0.422. The van der Waals surface area contributed by atoms with Gasteiger partial charge in [0.25, 0.3) is 5.91 Å². The molecular weight excluding hydrogens is 776 g/mol. The monoisotopic (exact) mass is 826 g/mol. The van der Waals surface area contributed by atoms with Crippen LogP contribution >= 0.6 is 0 Å². The van der Waals surface area contributed by atoms with Crippen LogP contribution in [0.25, 0.3) is 6.08 Å². The van der Waals surface area contributed by atoms with E-state index in [1.54, 1.807) is 18.5 Å². The Hall–Kier alpha value is -5.49. The van der Waals surface area contributed by atoms with Crippen LogP contribution < -0.4 is 15.0 Å². The summed E-state index contributed by atoms with van der Waals surface area (Å²) in [5, 5.41) is 89.4. The Morgan fingerprint density at radius 1 is 1.05 bits per heavy atom. The predicted molar refractivity (Wildman–Crippen MR) is 216 cm³/mol. The molecule has 1 aliphatic carbocycles. The van der Waals surface area contributed by atoms with Crippen molar-refractivity contribution >= 4 is 29.3 Å². The fourth-order valence-electron chi connectivity index (χ4n) is 9.92. The molecule has 3 aliphatic heterocycles. The average molecular weight is 827 g/mol. The van der Waals surface area contributed by atoms with E-state index in [4.69, 9.17) is 9.47 Å². The maximum Gasteiger partial charge on any atom is 0.355 e. The molecule has 16 nitrogen and oxygen atoms in total. The predicted octanol–water partition coefficient (Wildman–Crippen LogP) is 3.01. The molecule has 8 rings (SSSR count). The van der Waals surface area contributed by atoms with Crippen LogP contribution in [0.3, 0.4) is 0 Å². The number of anilines is 2. The summed E-state index contributed by atoms with van der Waals surface area (Å²) in [7, 11) is 0. The molecule has 9 atom stereocenters. The van der Waals surface area contributed by atoms with Crippen molar-refractivity contribution in [1.82, 2.24) is 9.97 Å². The number of carboxylic acid groups (broad SMARTS) is 1. The van der Waals surface area contributed by atoms with E-state index >= 15 is 0 Å². The molecule has 3 aromatic carbocycles. The zero-order chi connectivity index (χ0) is 42.5. The van der Waals surface area contributed by atoms with Crippen LogP contribution in [-0.2, 0) is 32.6 Å². The zero-order valence-corrected chi connectivity index (χ0v) is 32.9. The van der Waals surface area contributed by atoms with Gasteiger partial charge in [0, 0.05) is 53.4 Å². The number of aryl methyl sites for hydroxylation is 1. The second-order valence-corrected chi connectivity index (χ2v) is 16.3. The highest BCUT2D eigenvalue weighted by atomic mass is 16.8. The molecular formula is C44H50N4O12. The maximum absolute atomic E-state index is 14.6. The number of aliphatic carboxylic acids is 1. The first kappa shape index (κ1) is 41.3. The quantitative estimate of drug-likeness (QED) is 0.0771. The molecule has 1 aromatic heterocycles. The Bertz CT molecular complexity index is 2300. The Morgan fingerprint density at radius 2 is 1.85 bits per heavy atom. The number of aromatic amines is 1. The highest BCUT2D eigenvalue weighted by Crippen LogP contribution is 2.58. The first-order valence-corrected chi connectivity index (χ1v) is 20.3. The number of amides is 1. The molecule has 4 aromatic rings. The topological polar surface area (TPSA) is 258 Å². The second-order valence-electron chi connectivity index (χ2n) is 16.3. The Labute approximate surface area is 345 Å². The molecule has 0 radical (unpaired) electrons. The number of aromatic nitrogens is 2. The molecule has 1 saturated carbocycles. The number of rotatable bonds is 11. The van der Waals surface area contributed by atoms with Gasteiger partial charge in [0.05, 0.1) is 24.3 Å². The molecule has 4 aliphatic rings. The highest BCUT2D eigenvalue weighted by Gasteiger charge is 2.57. The summed E-state index contributed by atoms with van der Waals surface area (Å²) in [5.41, 5.74) is 4.74.